The predicted octanol–water partition coefficient (Wildman–Crippen LogP) is 0.407. The number of aromatic nitrogens is 4. The van der Waals surface area contributed by atoms with Crippen molar-refractivity contribution >= 4 is 34.5 Å². The van der Waals surface area contributed by atoms with Crippen molar-refractivity contribution in [2.24, 2.45) is 21.1 Å². The Morgan fingerprint density at radius 1 is 1.19 bits per heavy atom. The SMILES string of the molecule is Cn1c(=O)c2c(nc(SCC(=O)Nc3cccc(O)c3)n2C)n(C)c1=O. The highest BCUT2D eigenvalue weighted by molar-refractivity contribution is 7.99. The molecule has 0 atom stereocenters. The topological polar surface area (TPSA) is 111 Å². The third-order valence-corrected chi connectivity index (χ3v) is 4.93. The van der Waals surface area contributed by atoms with Gasteiger partial charge in [-0.15, -0.1) is 0 Å². The summed E-state index contributed by atoms with van der Waals surface area (Å²) >= 11 is 1.15. The Labute approximate surface area is 151 Å². The number of phenolic OH excluding ortho intramolecular Hbond substituents is 1. The number of phenols is 1. The van der Waals surface area contributed by atoms with Crippen molar-refractivity contribution in [2.45, 2.75) is 5.16 Å². The first kappa shape index (κ1) is 17.8. The zero-order valence-electron chi connectivity index (χ0n) is 14.4. The molecule has 0 bridgehead atoms. The van der Waals surface area contributed by atoms with Crippen LogP contribution in [0.1, 0.15) is 0 Å². The van der Waals surface area contributed by atoms with Crippen LogP contribution in [0.3, 0.4) is 0 Å². The highest BCUT2D eigenvalue weighted by atomic mass is 32.2. The van der Waals surface area contributed by atoms with Gasteiger partial charge in [-0.3, -0.25) is 18.7 Å². The number of carbonyl (C=O) groups is 1. The Morgan fingerprint density at radius 3 is 2.62 bits per heavy atom. The van der Waals surface area contributed by atoms with Crippen molar-refractivity contribution in [3.05, 3.63) is 45.1 Å². The second-order valence-corrected chi connectivity index (χ2v) is 6.66. The van der Waals surface area contributed by atoms with Gasteiger partial charge < -0.3 is 15.0 Å². The Hall–Kier alpha value is -3.01. The summed E-state index contributed by atoms with van der Waals surface area (Å²) in [6.45, 7) is 0. The van der Waals surface area contributed by atoms with Crippen molar-refractivity contribution in [2.75, 3.05) is 11.1 Å². The van der Waals surface area contributed by atoms with Crippen LogP contribution < -0.4 is 16.6 Å². The van der Waals surface area contributed by atoms with Gasteiger partial charge in [0.2, 0.25) is 5.91 Å². The standard InChI is InChI=1S/C16H17N5O4S/c1-19-12-13(20(2)16(25)21(3)14(12)24)18-15(19)26-8-11(23)17-9-5-4-6-10(22)7-9/h4-7,22H,8H2,1-3H3,(H,17,23). The number of carbonyl (C=O) groups excluding carboxylic acids is 1. The summed E-state index contributed by atoms with van der Waals surface area (Å²) in [4.78, 5) is 40.7. The summed E-state index contributed by atoms with van der Waals surface area (Å²) in [5, 5.41) is 12.5. The minimum Gasteiger partial charge on any atom is -0.508 e. The molecule has 3 aromatic rings. The Morgan fingerprint density at radius 2 is 1.92 bits per heavy atom. The predicted molar refractivity (Wildman–Crippen MR) is 98.7 cm³/mol. The normalized spacial score (nSPS) is 11.0. The summed E-state index contributed by atoms with van der Waals surface area (Å²) in [6, 6.07) is 6.24. The highest BCUT2D eigenvalue weighted by Crippen LogP contribution is 2.21. The van der Waals surface area contributed by atoms with Gasteiger partial charge in [0, 0.05) is 32.9 Å². The molecule has 9 nitrogen and oxygen atoms in total. The third-order valence-electron chi connectivity index (χ3n) is 3.90. The minimum atomic E-state index is -0.459. The number of rotatable bonds is 4. The molecule has 3 rings (SSSR count). The van der Waals surface area contributed by atoms with Crippen molar-refractivity contribution in [1.82, 2.24) is 18.7 Å². The fourth-order valence-corrected chi connectivity index (χ4v) is 3.31. The molecular weight excluding hydrogens is 358 g/mol. The van der Waals surface area contributed by atoms with E-state index < -0.39 is 11.2 Å². The zero-order chi connectivity index (χ0) is 19.0. The number of nitrogens with zero attached hydrogens (tertiary/aromatic N) is 4. The average Bonchev–Trinajstić information content (AvgIpc) is 2.93. The van der Waals surface area contributed by atoms with Gasteiger partial charge in [0.25, 0.3) is 5.56 Å². The summed E-state index contributed by atoms with van der Waals surface area (Å²) in [7, 11) is 4.61. The van der Waals surface area contributed by atoms with Gasteiger partial charge in [-0.25, -0.2) is 9.78 Å². The minimum absolute atomic E-state index is 0.0566. The second kappa shape index (κ2) is 6.71. The van der Waals surface area contributed by atoms with Crippen LogP contribution in [0.4, 0.5) is 5.69 Å². The van der Waals surface area contributed by atoms with Crippen LogP contribution in [-0.4, -0.2) is 35.5 Å². The molecule has 0 fully saturated rings. The summed E-state index contributed by atoms with van der Waals surface area (Å²) in [5.41, 5.74) is 0.159. The molecular formula is C16H17N5O4S. The van der Waals surface area contributed by atoms with Crippen LogP contribution in [0.5, 0.6) is 5.75 Å². The van der Waals surface area contributed by atoms with Gasteiger partial charge in [-0.2, -0.15) is 0 Å². The van der Waals surface area contributed by atoms with Crippen LogP contribution in [0.2, 0.25) is 0 Å². The number of aryl methyl sites for hydroxylation is 2. The maximum absolute atomic E-state index is 12.3. The molecule has 0 spiro atoms. The summed E-state index contributed by atoms with van der Waals surface area (Å²) < 4.78 is 3.89. The van der Waals surface area contributed by atoms with E-state index in [0.717, 1.165) is 16.3 Å². The monoisotopic (exact) mass is 375 g/mol. The van der Waals surface area contributed by atoms with Crippen molar-refractivity contribution in [3.8, 4) is 5.75 Å². The maximum atomic E-state index is 12.3. The molecule has 10 heteroatoms. The van der Waals surface area contributed by atoms with E-state index in [1.165, 1.54) is 23.7 Å². The molecule has 0 saturated carbocycles. The lowest BCUT2D eigenvalue weighted by molar-refractivity contribution is -0.113. The molecule has 2 N–H and O–H groups in total. The van der Waals surface area contributed by atoms with E-state index in [4.69, 9.17) is 0 Å². The van der Waals surface area contributed by atoms with Gasteiger partial charge in [-0.05, 0) is 12.1 Å². The van der Waals surface area contributed by atoms with E-state index in [-0.39, 0.29) is 23.1 Å². The largest absolute Gasteiger partial charge is 0.508 e. The van der Waals surface area contributed by atoms with Crippen molar-refractivity contribution < 1.29 is 9.90 Å². The number of nitrogens with one attached hydrogen (secondary N) is 1. The van der Waals surface area contributed by atoms with Crippen LogP contribution in [0.25, 0.3) is 11.2 Å². The zero-order valence-corrected chi connectivity index (χ0v) is 15.2. The summed E-state index contributed by atoms with van der Waals surface area (Å²) in [5.74, 6) is -0.168. The van der Waals surface area contributed by atoms with Gasteiger partial charge in [0.05, 0.1) is 5.75 Å². The molecule has 0 aliphatic rings. The molecule has 1 aromatic carbocycles. The number of hydrogen-bond acceptors (Lipinski definition) is 6. The van der Waals surface area contributed by atoms with Crippen LogP contribution in [0.15, 0.2) is 39.0 Å². The molecule has 0 radical (unpaired) electrons. The summed E-state index contributed by atoms with van der Waals surface area (Å²) in [6.07, 6.45) is 0. The fraction of sp³-hybridized carbons (Fsp3) is 0.250. The Kier molecular flexibility index (Phi) is 4.60. The Bertz CT molecular complexity index is 1130. The van der Waals surface area contributed by atoms with Gasteiger partial charge >= 0.3 is 5.69 Å². The van der Waals surface area contributed by atoms with E-state index in [0.29, 0.717) is 16.4 Å². The molecule has 0 aliphatic carbocycles. The lowest BCUT2D eigenvalue weighted by Gasteiger charge is -2.05. The molecule has 0 unspecified atom stereocenters. The van der Waals surface area contributed by atoms with Crippen LogP contribution in [0, 0.1) is 0 Å². The molecule has 26 heavy (non-hydrogen) atoms. The number of fused-ring (bicyclic) bond motifs is 1. The first-order valence-corrected chi connectivity index (χ1v) is 8.62. The first-order chi connectivity index (χ1) is 12.3. The number of amides is 1. The lowest BCUT2D eigenvalue weighted by Crippen LogP contribution is -2.37. The number of thioether (sulfide) groups is 1. The highest BCUT2D eigenvalue weighted by Gasteiger charge is 2.18. The number of imidazole rings is 1. The number of aromatic hydroxyl groups is 1. The van der Waals surface area contributed by atoms with E-state index >= 15 is 0 Å². The number of hydrogen-bond donors (Lipinski definition) is 2. The Balaban J connectivity index is 1.84. The molecule has 2 heterocycles. The van der Waals surface area contributed by atoms with Crippen LogP contribution >= 0.6 is 11.8 Å². The molecule has 2 aromatic heterocycles. The van der Waals surface area contributed by atoms with Gasteiger partial charge in [-0.1, -0.05) is 17.8 Å². The molecule has 136 valence electrons. The van der Waals surface area contributed by atoms with Crippen LogP contribution in [-0.2, 0) is 25.9 Å². The maximum Gasteiger partial charge on any atom is 0.332 e. The fourth-order valence-electron chi connectivity index (χ4n) is 2.54. The molecule has 1 amide bonds. The quantitative estimate of drug-likeness (QED) is 0.639. The second-order valence-electron chi connectivity index (χ2n) is 5.72. The van der Waals surface area contributed by atoms with Gasteiger partial charge in [0.1, 0.15) is 5.75 Å². The smallest absolute Gasteiger partial charge is 0.332 e. The van der Waals surface area contributed by atoms with E-state index in [2.05, 4.69) is 10.3 Å². The van der Waals surface area contributed by atoms with Crippen molar-refractivity contribution in [1.29, 1.82) is 0 Å². The van der Waals surface area contributed by atoms with E-state index in [9.17, 15) is 19.5 Å². The third kappa shape index (κ3) is 3.10. The van der Waals surface area contributed by atoms with E-state index in [1.807, 2.05) is 0 Å². The molecule has 0 aliphatic heterocycles. The van der Waals surface area contributed by atoms with E-state index in [1.54, 1.807) is 30.8 Å². The first-order valence-electron chi connectivity index (χ1n) is 7.63. The number of benzene rings is 1. The average molecular weight is 375 g/mol. The lowest BCUT2D eigenvalue weighted by atomic mass is 10.3. The van der Waals surface area contributed by atoms with Crippen molar-refractivity contribution in [3.63, 3.8) is 0 Å². The van der Waals surface area contributed by atoms with Gasteiger partial charge in [0.15, 0.2) is 16.3 Å². The molecule has 0 saturated heterocycles. The number of anilines is 1.